The fraction of sp³-hybridized carbons (Fsp3) is 0.316. The number of nitrogens with one attached hydrogen (secondary N) is 1. The highest BCUT2D eigenvalue weighted by atomic mass is 35.5. The summed E-state index contributed by atoms with van der Waals surface area (Å²) in [5, 5.41) is 14.2. The SMILES string of the molecule is COc1ccc(C(=O)Nc2ccc(OC3CCCC3)c(Cl)c2)cc1[N+](=O)[O-]. The van der Waals surface area contributed by atoms with Gasteiger partial charge in [-0.2, -0.15) is 0 Å². The maximum atomic E-state index is 12.4. The van der Waals surface area contributed by atoms with Gasteiger partial charge < -0.3 is 14.8 Å². The maximum absolute atomic E-state index is 12.4. The average molecular weight is 391 g/mol. The highest BCUT2D eigenvalue weighted by Gasteiger charge is 2.20. The minimum absolute atomic E-state index is 0.0907. The Balaban J connectivity index is 1.73. The second-order valence-corrected chi connectivity index (χ2v) is 6.67. The molecule has 0 atom stereocenters. The van der Waals surface area contributed by atoms with Gasteiger partial charge in [0, 0.05) is 17.3 Å². The van der Waals surface area contributed by atoms with E-state index >= 15 is 0 Å². The molecule has 0 unspecified atom stereocenters. The molecule has 2 aromatic rings. The van der Waals surface area contributed by atoms with Gasteiger partial charge in [-0.25, -0.2) is 0 Å². The molecule has 0 heterocycles. The van der Waals surface area contributed by atoms with E-state index in [2.05, 4.69) is 5.32 Å². The predicted octanol–water partition coefficient (Wildman–Crippen LogP) is 4.83. The molecule has 1 aliphatic carbocycles. The summed E-state index contributed by atoms with van der Waals surface area (Å²) >= 11 is 6.26. The molecule has 0 saturated heterocycles. The van der Waals surface area contributed by atoms with E-state index in [0.717, 1.165) is 25.7 Å². The third-order valence-corrected chi connectivity index (χ3v) is 4.72. The third-order valence-electron chi connectivity index (χ3n) is 4.42. The number of halogens is 1. The Kier molecular flexibility index (Phi) is 5.81. The molecule has 27 heavy (non-hydrogen) atoms. The van der Waals surface area contributed by atoms with Gasteiger partial charge in [0.25, 0.3) is 5.91 Å². The molecule has 0 spiro atoms. The van der Waals surface area contributed by atoms with Gasteiger partial charge in [-0.15, -0.1) is 0 Å². The van der Waals surface area contributed by atoms with Crippen molar-refractivity contribution in [2.45, 2.75) is 31.8 Å². The molecular formula is C19H19ClN2O5. The van der Waals surface area contributed by atoms with Crippen molar-refractivity contribution in [3.63, 3.8) is 0 Å². The van der Waals surface area contributed by atoms with E-state index in [9.17, 15) is 14.9 Å². The molecule has 0 radical (unpaired) electrons. The van der Waals surface area contributed by atoms with Crippen LogP contribution in [-0.2, 0) is 0 Å². The summed E-state index contributed by atoms with van der Waals surface area (Å²) in [6.07, 6.45) is 4.54. The van der Waals surface area contributed by atoms with Gasteiger partial charge in [0.2, 0.25) is 0 Å². The molecule has 3 rings (SSSR count). The number of hydrogen-bond acceptors (Lipinski definition) is 5. The fourth-order valence-electron chi connectivity index (χ4n) is 3.04. The number of carbonyl (C=O) groups excluding carboxylic acids is 1. The lowest BCUT2D eigenvalue weighted by molar-refractivity contribution is -0.385. The number of amides is 1. The summed E-state index contributed by atoms with van der Waals surface area (Å²) in [6.45, 7) is 0. The van der Waals surface area contributed by atoms with E-state index in [0.29, 0.717) is 16.5 Å². The Morgan fingerprint density at radius 3 is 2.52 bits per heavy atom. The normalized spacial score (nSPS) is 14.0. The van der Waals surface area contributed by atoms with Crippen molar-refractivity contribution in [2.75, 3.05) is 12.4 Å². The van der Waals surface area contributed by atoms with Gasteiger partial charge in [-0.3, -0.25) is 14.9 Å². The molecule has 1 N–H and O–H groups in total. The summed E-state index contributed by atoms with van der Waals surface area (Å²) in [6, 6.07) is 9.02. The minimum Gasteiger partial charge on any atom is -0.490 e. The van der Waals surface area contributed by atoms with Crippen LogP contribution in [0.2, 0.25) is 5.02 Å². The Bertz CT molecular complexity index is 865. The van der Waals surface area contributed by atoms with Crippen LogP contribution < -0.4 is 14.8 Å². The smallest absolute Gasteiger partial charge is 0.311 e. The van der Waals surface area contributed by atoms with Crippen molar-refractivity contribution in [3.8, 4) is 11.5 Å². The van der Waals surface area contributed by atoms with Gasteiger partial charge in [0.15, 0.2) is 5.75 Å². The van der Waals surface area contributed by atoms with Crippen LogP contribution in [-0.4, -0.2) is 24.0 Å². The summed E-state index contributed by atoms with van der Waals surface area (Å²) < 4.78 is 10.8. The molecule has 7 nitrogen and oxygen atoms in total. The van der Waals surface area contributed by atoms with Gasteiger partial charge in [0.1, 0.15) is 5.75 Å². The lowest BCUT2D eigenvalue weighted by Gasteiger charge is -2.15. The Labute approximate surface area is 161 Å². The van der Waals surface area contributed by atoms with Crippen molar-refractivity contribution >= 4 is 28.9 Å². The molecule has 2 aromatic carbocycles. The first-order valence-corrected chi connectivity index (χ1v) is 8.95. The lowest BCUT2D eigenvalue weighted by atomic mass is 10.1. The molecule has 0 aromatic heterocycles. The van der Waals surface area contributed by atoms with Crippen LogP contribution in [0.4, 0.5) is 11.4 Å². The lowest BCUT2D eigenvalue weighted by Crippen LogP contribution is -2.13. The van der Waals surface area contributed by atoms with Crippen LogP contribution in [0.15, 0.2) is 36.4 Å². The molecule has 1 amide bonds. The zero-order valence-corrected chi connectivity index (χ0v) is 15.5. The monoisotopic (exact) mass is 390 g/mol. The number of benzene rings is 2. The van der Waals surface area contributed by atoms with Crippen LogP contribution >= 0.6 is 11.6 Å². The first-order chi connectivity index (χ1) is 13.0. The van der Waals surface area contributed by atoms with E-state index in [1.54, 1.807) is 18.2 Å². The van der Waals surface area contributed by atoms with Crippen LogP contribution in [0.5, 0.6) is 11.5 Å². The van der Waals surface area contributed by atoms with Crippen molar-refractivity contribution in [1.82, 2.24) is 0 Å². The van der Waals surface area contributed by atoms with Crippen LogP contribution in [0.25, 0.3) is 0 Å². The van der Waals surface area contributed by atoms with E-state index < -0.39 is 10.8 Å². The summed E-state index contributed by atoms with van der Waals surface area (Å²) in [7, 11) is 1.33. The first kappa shape index (κ1) is 19.0. The summed E-state index contributed by atoms with van der Waals surface area (Å²) in [5.41, 5.74) is 0.343. The zero-order chi connectivity index (χ0) is 19.4. The zero-order valence-electron chi connectivity index (χ0n) is 14.7. The largest absolute Gasteiger partial charge is 0.490 e. The molecule has 1 aliphatic rings. The molecule has 0 aliphatic heterocycles. The number of ether oxygens (including phenoxy) is 2. The minimum atomic E-state index is -0.596. The molecular weight excluding hydrogens is 372 g/mol. The molecule has 1 fully saturated rings. The van der Waals surface area contributed by atoms with Crippen molar-refractivity contribution in [2.24, 2.45) is 0 Å². The maximum Gasteiger partial charge on any atom is 0.311 e. The molecule has 142 valence electrons. The Hall–Kier alpha value is -2.80. The molecule has 8 heteroatoms. The van der Waals surface area contributed by atoms with Crippen molar-refractivity contribution in [1.29, 1.82) is 0 Å². The van der Waals surface area contributed by atoms with Crippen molar-refractivity contribution in [3.05, 3.63) is 57.1 Å². The first-order valence-electron chi connectivity index (χ1n) is 8.58. The van der Waals surface area contributed by atoms with E-state index in [-0.39, 0.29) is 23.1 Å². The highest BCUT2D eigenvalue weighted by Crippen LogP contribution is 2.32. The van der Waals surface area contributed by atoms with Gasteiger partial charge in [0.05, 0.1) is 23.2 Å². The second kappa shape index (κ2) is 8.26. The average Bonchev–Trinajstić information content (AvgIpc) is 3.16. The number of methoxy groups -OCH3 is 1. The van der Waals surface area contributed by atoms with Crippen LogP contribution in [0, 0.1) is 10.1 Å². The van der Waals surface area contributed by atoms with E-state index in [1.165, 1.54) is 25.3 Å². The molecule has 0 bridgehead atoms. The van der Waals surface area contributed by atoms with E-state index in [1.807, 2.05) is 0 Å². The topological polar surface area (TPSA) is 90.7 Å². The Morgan fingerprint density at radius 1 is 1.19 bits per heavy atom. The highest BCUT2D eigenvalue weighted by molar-refractivity contribution is 6.32. The van der Waals surface area contributed by atoms with E-state index in [4.69, 9.17) is 21.1 Å². The number of nitrogens with zero attached hydrogens (tertiary/aromatic N) is 1. The quantitative estimate of drug-likeness (QED) is 0.563. The van der Waals surface area contributed by atoms with Crippen molar-refractivity contribution < 1.29 is 19.2 Å². The number of rotatable bonds is 6. The number of nitro benzene ring substituents is 1. The third kappa shape index (κ3) is 4.49. The van der Waals surface area contributed by atoms with Gasteiger partial charge >= 0.3 is 5.69 Å². The van der Waals surface area contributed by atoms with Gasteiger partial charge in [-0.05, 0) is 56.0 Å². The van der Waals surface area contributed by atoms with Crippen LogP contribution in [0.3, 0.4) is 0 Å². The van der Waals surface area contributed by atoms with Gasteiger partial charge in [-0.1, -0.05) is 11.6 Å². The number of carbonyl (C=O) groups is 1. The standard InChI is InChI=1S/C19H19ClN2O5/c1-26-18-8-6-12(10-16(18)22(24)25)19(23)21-13-7-9-17(15(20)11-13)27-14-4-2-3-5-14/h6-11,14H,2-5H2,1H3,(H,21,23). The second-order valence-electron chi connectivity index (χ2n) is 6.27. The van der Waals surface area contributed by atoms with Crippen LogP contribution in [0.1, 0.15) is 36.0 Å². The fourth-order valence-corrected chi connectivity index (χ4v) is 3.26. The number of anilines is 1. The predicted molar refractivity (Wildman–Crippen MR) is 102 cm³/mol. The number of hydrogen-bond donors (Lipinski definition) is 1. The summed E-state index contributed by atoms with van der Waals surface area (Å²) in [5.74, 6) is 0.191. The summed E-state index contributed by atoms with van der Waals surface area (Å²) in [4.78, 5) is 22.9. The Morgan fingerprint density at radius 2 is 1.89 bits per heavy atom. The number of nitro groups is 1. The molecule has 1 saturated carbocycles.